The van der Waals surface area contributed by atoms with Gasteiger partial charge < -0.3 is 5.32 Å². The molecule has 0 aliphatic carbocycles. The SMILES string of the molecule is Cc1nc(SC(C)C(=O)Nc2nc3ccc(Cl)cc3s2)cc(-c2ccccc2)n1. The minimum Gasteiger partial charge on any atom is -0.301 e. The van der Waals surface area contributed by atoms with E-state index in [4.69, 9.17) is 11.6 Å². The van der Waals surface area contributed by atoms with Crippen LogP contribution in [0.1, 0.15) is 12.7 Å². The van der Waals surface area contributed by atoms with E-state index in [1.165, 1.54) is 23.1 Å². The first-order valence-corrected chi connectivity index (χ1v) is 11.0. The summed E-state index contributed by atoms with van der Waals surface area (Å²) in [5.41, 5.74) is 2.68. The van der Waals surface area contributed by atoms with Crippen molar-refractivity contribution in [2.75, 3.05) is 5.32 Å². The number of hydrogen-bond acceptors (Lipinski definition) is 6. The van der Waals surface area contributed by atoms with Crippen molar-refractivity contribution < 1.29 is 4.79 Å². The highest BCUT2D eigenvalue weighted by atomic mass is 35.5. The molecule has 1 amide bonds. The topological polar surface area (TPSA) is 67.8 Å². The number of anilines is 1. The molecule has 0 bridgehead atoms. The number of thioether (sulfide) groups is 1. The van der Waals surface area contributed by atoms with E-state index < -0.39 is 0 Å². The molecule has 2 aromatic carbocycles. The normalized spacial score (nSPS) is 12.1. The van der Waals surface area contributed by atoms with Crippen molar-refractivity contribution in [1.29, 1.82) is 0 Å². The summed E-state index contributed by atoms with van der Waals surface area (Å²) in [5, 5.41) is 4.52. The van der Waals surface area contributed by atoms with Crippen LogP contribution in [0.5, 0.6) is 0 Å². The van der Waals surface area contributed by atoms with E-state index in [1.807, 2.05) is 62.4 Å². The van der Waals surface area contributed by atoms with E-state index in [9.17, 15) is 4.79 Å². The van der Waals surface area contributed by atoms with Gasteiger partial charge in [-0.1, -0.05) is 65.0 Å². The third-order valence-corrected chi connectivity index (χ3v) is 6.32. The van der Waals surface area contributed by atoms with Gasteiger partial charge in [-0.2, -0.15) is 0 Å². The van der Waals surface area contributed by atoms with Crippen LogP contribution in [0, 0.1) is 6.92 Å². The number of fused-ring (bicyclic) bond motifs is 1. The lowest BCUT2D eigenvalue weighted by Crippen LogP contribution is -2.22. The van der Waals surface area contributed by atoms with E-state index in [0.29, 0.717) is 16.0 Å². The van der Waals surface area contributed by atoms with Gasteiger partial charge in [0.2, 0.25) is 5.91 Å². The van der Waals surface area contributed by atoms with Crippen molar-refractivity contribution in [2.24, 2.45) is 0 Å². The van der Waals surface area contributed by atoms with Crippen LogP contribution in [0.4, 0.5) is 5.13 Å². The van der Waals surface area contributed by atoms with Gasteiger partial charge in [0.05, 0.1) is 21.2 Å². The Morgan fingerprint density at radius 1 is 1.10 bits per heavy atom. The van der Waals surface area contributed by atoms with Crippen LogP contribution in [-0.2, 0) is 4.79 Å². The first-order chi connectivity index (χ1) is 14.0. The fraction of sp³-hybridized carbons (Fsp3) is 0.143. The Bertz CT molecular complexity index is 1180. The summed E-state index contributed by atoms with van der Waals surface area (Å²) in [6.45, 7) is 3.71. The molecule has 0 aliphatic heterocycles. The van der Waals surface area contributed by atoms with Crippen molar-refractivity contribution in [3.63, 3.8) is 0 Å². The van der Waals surface area contributed by atoms with Crippen molar-refractivity contribution in [3.05, 3.63) is 65.4 Å². The molecule has 4 aromatic rings. The molecule has 1 unspecified atom stereocenters. The average molecular weight is 441 g/mol. The van der Waals surface area contributed by atoms with E-state index >= 15 is 0 Å². The number of rotatable bonds is 5. The zero-order chi connectivity index (χ0) is 20.4. The molecule has 0 saturated carbocycles. The fourth-order valence-electron chi connectivity index (χ4n) is 2.75. The van der Waals surface area contributed by atoms with Gasteiger partial charge in [-0.3, -0.25) is 4.79 Å². The molecule has 4 rings (SSSR count). The molecule has 0 fully saturated rings. The zero-order valence-corrected chi connectivity index (χ0v) is 18.1. The van der Waals surface area contributed by atoms with E-state index in [2.05, 4.69) is 20.3 Å². The largest absolute Gasteiger partial charge is 0.301 e. The number of amides is 1. The highest BCUT2D eigenvalue weighted by molar-refractivity contribution is 8.00. The summed E-state index contributed by atoms with van der Waals surface area (Å²) in [6, 6.07) is 17.3. The number of halogens is 1. The van der Waals surface area contributed by atoms with Crippen LogP contribution in [0.3, 0.4) is 0 Å². The molecule has 2 aromatic heterocycles. The lowest BCUT2D eigenvalue weighted by atomic mass is 10.1. The smallest absolute Gasteiger partial charge is 0.239 e. The second-order valence-corrected chi connectivity index (χ2v) is 9.21. The number of carbonyl (C=O) groups is 1. The Balaban J connectivity index is 1.49. The van der Waals surface area contributed by atoms with Crippen molar-refractivity contribution in [1.82, 2.24) is 15.0 Å². The highest BCUT2D eigenvalue weighted by Gasteiger charge is 2.18. The third-order valence-electron chi connectivity index (χ3n) is 4.13. The van der Waals surface area contributed by atoms with Crippen LogP contribution >= 0.6 is 34.7 Å². The van der Waals surface area contributed by atoms with Gasteiger partial charge in [0.1, 0.15) is 10.9 Å². The Labute approximate surface area is 181 Å². The second kappa shape index (κ2) is 8.49. The summed E-state index contributed by atoms with van der Waals surface area (Å²) in [4.78, 5) is 26.1. The number of aryl methyl sites for hydroxylation is 1. The molecule has 29 heavy (non-hydrogen) atoms. The summed E-state index contributed by atoms with van der Waals surface area (Å²) in [7, 11) is 0. The van der Waals surface area contributed by atoms with Gasteiger partial charge >= 0.3 is 0 Å². The molecule has 0 saturated heterocycles. The van der Waals surface area contributed by atoms with Crippen molar-refractivity contribution in [3.8, 4) is 11.3 Å². The minimum atomic E-state index is -0.344. The summed E-state index contributed by atoms with van der Waals surface area (Å²) < 4.78 is 0.937. The number of nitrogens with one attached hydrogen (secondary N) is 1. The Kier molecular flexibility index (Phi) is 5.80. The van der Waals surface area contributed by atoms with Gasteiger partial charge in [-0.15, -0.1) is 0 Å². The predicted octanol–water partition coefficient (Wildman–Crippen LogP) is 5.83. The molecule has 1 atom stereocenters. The molecule has 146 valence electrons. The number of thiazole rings is 1. The van der Waals surface area contributed by atoms with Crippen LogP contribution in [0.15, 0.2) is 59.6 Å². The maximum Gasteiger partial charge on any atom is 0.239 e. The quantitative estimate of drug-likeness (QED) is 0.312. The van der Waals surface area contributed by atoms with Crippen LogP contribution in [0.2, 0.25) is 5.02 Å². The lowest BCUT2D eigenvalue weighted by Gasteiger charge is -2.11. The summed E-state index contributed by atoms with van der Waals surface area (Å²) in [6.07, 6.45) is 0. The molecule has 0 spiro atoms. The van der Waals surface area contributed by atoms with Crippen LogP contribution < -0.4 is 5.32 Å². The van der Waals surface area contributed by atoms with Gasteiger partial charge in [0, 0.05) is 10.6 Å². The summed E-state index contributed by atoms with van der Waals surface area (Å²) in [5.74, 6) is 0.544. The van der Waals surface area contributed by atoms with Crippen LogP contribution in [0.25, 0.3) is 21.5 Å². The standard InChI is InChI=1S/C21H17ClN4OS2/c1-12(20(27)26-21-25-16-9-8-15(22)10-18(16)29-21)28-19-11-17(23-13(2)24-19)14-6-4-3-5-7-14/h3-12H,1-2H3,(H,25,26,27). The number of nitrogens with zero attached hydrogens (tertiary/aromatic N) is 3. The van der Waals surface area contributed by atoms with Crippen molar-refractivity contribution in [2.45, 2.75) is 24.1 Å². The first kappa shape index (κ1) is 19.8. The van der Waals surface area contributed by atoms with E-state index in [1.54, 1.807) is 6.07 Å². The molecule has 1 N–H and O–H groups in total. The van der Waals surface area contributed by atoms with Gasteiger partial charge in [0.15, 0.2) is 5.13 Å². The molecule has 2 heterocycles. The fourth-order valence-corrected chi connectivity index (χ4v) is 4.79. The average Bonchev–Trinajstić information content (AvgIpc) is 3.09. The Hall–Kier alpha value is -2.48. The number of carbonyl (C=O) groups excluding carboxylic acids is 1. The monoisotopic (exact) mass is 440 g/mol. The predicted molar refractivity (Wildman–Crippen MR) is 121 cm³/mol. The molecule has 0 aliphatic rings. The second-order valence-electron chi connectivity index (χ2n) is 6.39. The first-order valence-electron chi connectivity index (χ1n) is 8.92. The number of hydrogen-bond donors (Lipinski definition) is 1. The van der Waals surface area contributed by atoms with Crippen LogP contribution in [-0.4, -0.2) is 26.1 Å². The highest BCUT2D eigenvalue weighted by Crippen LogP contribution is 2.30. The van der Waals surface area contributed by atoms with E-state index in [-0.39, 0.29) is 11.2 Å². The van der Waals surface area contributed by atoms with Gasteiger partial charge in [-0.25, -0.2) is 15.0 Å². The van der Waals surface area contributed by atoms with Gasteiger partial charge in [-0.05, 0) is 38.1 Å². The van der Waals surface area contributed by atoms with Crippen molar-refractivity contribution >= 4 is 56.0 Å². The van der Waals surface area contributed by atoms with E-state index in [0.717, 1.165) is 26.5 Å². The molecular formula is C21H17ClN4OS2. The number of benzene rings is 2. The zero-order valence-electron chi connectivity index (χ0n) is 15.7. The summed E-state index contributed by atoms with van der Waals surface area (Å²) >= 11 is 8.82. The lowest BCUT2D eigenvalue weighted by molar-refractivity contribution is -0.115. The van der Waals surface area contributed by atoms with Gasteiger partial charge in [0.25, 0.3) is 0 Å². The maximum atomic E-state index is 12.7. The number of aromatic nitrogens is 3. The Morgan fingerprint density at radius 2 is 1.90 bits per heavy atom. The molecule has 8 heteroatoms. The minimum absolute atomic E-state index is 0.127. The molecule has 0 radical (unpaired) electrons. The molecule has 5 nitrogen and oxygen atoms in total. The molecular weight excluding hydrogens is 424 g/mol. The Morgan fingerprint density at radius 3 is 2.69 bits per heavy atom. The maximum absolute atomic E-state index is 12.7. The third kappa shape index (κ3) is 4.75.